The van der Waals surface area contributed by atoms with E-state index in [1.807, 2.05) is 0 Å². The summed E-state index contributed by atoms with van der Waals surface area (Å²) < 4.78 is 0. The van der Waals surface area contributed by atoms with Gasteiger partial charge in [-0.1, -0.05) is 6.08 Å². The van der Waals surface area contributed by atoms with Crippen LogP contribution in [0.1, 0.15) is 13.8 Å². The minimum atomic E-state index is -1.22. The Morgan fingerprint density at radius 1 is 1.43 bits per heavy atom. The fourth-order valence-electron chi connectivity index (χ4n) is 1.09. The van der Waals surface area contributed by atoms with E-state index in [-0.39, 0.29) is 0 Å². The average Bonchev–Trinajstić information content (AvgIpc) is 2.03. The molecule has 0 aromatic carbocycles. The third-order valence-electron chi connectivity index (χ3n) is 1.78. The minimum Gasteiger partial charge on any atom is -0.480 e. The van der Waals surface area contributed by atoms with Crippen LogP contribution < -0.4 is 0 Å². The molecule has 0 spiro atoms. The van der Waals surface area contributed by atoms with Crippen molar-refractivity contribution in [3.63, 3.8) is 0 Å². The van der Waals surface area contributed by atoms with E-state index in [2.05, 4.69) is 0 Å². The number of likely N-dealkylation sites (N-methyl/N-ethyl adjacent to an activating group) is 1. The molecule has 0 saturated heterocycles. The Balaban J connectivity index is 4.68. The summed E-state index contributed by atoms with van der Waals surface area (Å²) >= 11 is 0. The molecule has 1 amide bonds. The number of carboxylic acids is 1. The maximum Gasteiger partial charge on any atom is 0.329 e. The van der Waals surface area contributed by atoms with Crippen LogP contribution in [0.25, 0.3) is 0 Å². The summed E-state index contributed by atoms with van der Waals surface area (Å²) in [6.45, 7) is 2.99. The molecular formula is C9H15NO4. The average molecular weight is 201 g/mol. The molecule has 14 heavy (non-hydrogen) atoms. The summed E-state index contributed by atoms with van der Waals surface area (Å²) in [5, 5.41) is 17.9. The molecule has 0 heterocycles. The molecule has 0 saturated carbocycles. The van der Waals surface area contributed by atoms with Crippen LogP contribution >= 0.6 is 0 Å². The second kappa shape index (κ2) is 5.39. The van der Waals surface area contributed by atoms with Crippen LogP contribution in [0.5, 0.6) is 0 Å². The van der Waals surface area contributed by atoms with E-state index in [1.54, 1.807) is 6.92 Å². The van der Waals surface area contributed by atoms with Gasteiger partial charge in [-0.25, -0.2) is 4.79 Å². The second-order valence-corrected chi connectivity index (χ2v) is 2.97. The number of aliphatic hydroxyl groups is 1. The Hall–Kier alpha value is -1.36. The van der Waals surface area contributed by atoms with Gasteiger partial charge in [0.15, 0.2) is 6.04 Å². The third kappa shape index (κ3) is 3.18. The molecule has 0 rings (SSSR count). The topological polar surface area (TPSA) is 77.8 Å². The van der Waals surface area contributed by atoms with Gasteiger partial charge in [-0.15, -0.1) is 0 Å². The monoisotopic (exact) mass is 201 g/mol. The molecule has 2 N–H and O–H groups in total. The molecule has 0 radical (unpaired) electrons. The van der Waals surface area contributed by atoms with Gasteiger partial charge in [0.2, 0.25) is 5.91 Å². The van der Waals surface area contributed by atoms with Gasteiger partial charge < -0.3 is 15.1 Å². The Labute approximate surface area is 82.6 Å². The summed E-state index contributed by atoms with van der Waals surface area (Å²) in [5.74, 6) is -1.67. The largest absolute Gasteiger partial charge is 0.480 e. The van der Waals surface area contributed by atoms with Gasteiger partial charge in [0.25, 0.3) is 0 Å². The number of amides is 1. The minimum absolute atomic E-state index is 0.444. The summed E-state index contributed by atoms with van der Waals surface area (Å²) in [5.41, 5.74) is 0. The molecule has 0 bridgehead atoms. The highest BCUT2D eigenvalue weighted by Crippen LogP contribution is 2.04. The molecule has 5 heteroatoms. The van der Waals surface area contributed by atoms with Gasteiger partial charge in [0.05, 0.1) is 6.10 Å². The van der Waals surface area contributed by atoms with Crippen molar-refractivity contribution in [3.05, 3.63) is 12.2 Å². The van der Waals surface area contributed by atoms with Crippen molar-refractivity contribution < 1.29 is 19.8 Å². The number of aliphatic carboxylic acids is 1. The van der Waals surface area contributed by atoms with Crippen molar-refractivity contribution in [1.29, 1.82) is 0 Å². The Morgan fingerprint density at radius 3 is 2.21 bits per heavy atom. The first-order valence-electron chi connectivity index (χ1n) is 4.22. The number of carboxylic acid groups (broad SMARTS) is 1. The Bertz CT molecular complexity index is 247. The van der Waals surface area contributed by atoms with E-state index in [1.165, 1.54) is 26.1 Å². The number of allylic oxidation sites excluding steroid dienone is 1. The molecule has 0 aromatic rings. The zero-order chi connectivity index (χ0) is 11.3. The lowest BCUT2D eigenvalue weighted by Crippen LogP contribution is -2.48. The summed E-state index contributed by atoms with van der Waals surface area (Å²) in [4.78, 5) is 23.0. The standard InChI is InChI=1S/C9H15NO4/c1-4-5-7(12)10(3)8(6(2)11)9(13)14/h4-6,8,11H,1-3H3,(H,13,14)/b5-4+. The quantitative estimate of drug-likeness (QED) is 0.620. The summed E-state index contributed by atoms with van der Waals surface area (Å²) in [6, 6.07) is -1.21. The summed E-state index contributed by atoms with van der Waals surface area (Å²) in [6.07, 6.45) is 1.66. The lowest BCUT2D eigenvalue weighted by atomic mass is 10.1. The van der Waals surface area contributed by atoms with Gasteiger partial charge in [-0.2, -0.15) is 0 Å². The molecular weight excluding hydrogens is 186 g/mol. The van der Waals surface area contributed by atoms with Crippen LogP contribution in [0.15, 0.2) is 12.2 Å². The van der Waals surface area contributed by atoms with Crippen molar-refractivity contribution in [1.82, 2.24) is 4.90 Å². The predicted octanol–water partition coefficient (Wildman–Crippen LogP) is -0.145. The van der Waals surface area contributed by atoms with Crippen molar-refractivity contribution in [2.45, 2.75) is 26.0 Å². The maximum atomic E-state index is 11.3. The van der Waals surface area contributed by atoms with E-state index in [0.717, 1.165) is 4.90 Å². The number of carbonyl (C=O) groups is 2. The first-order valence-corrected chi connectivity index (χ1v) is 4.22. The highest BCUT2D eigenvalue weighted by atomic mass is 16.4. The molecule has 5 nitrogen and oxygen atoms in total. The van der Waals surface area contributed by atoms with E-state index in [9.17, 15) is 14.7 Å². The number of aliphatic hydroxyl groups excluding tert-OH is 1. The van der Waals surface area contributed by atoms with Crippen LogP contribution in [0.2, 0.25) is 0 Å². The van der Waals surface area contributed by atoms with Crippen LogP contribution in [0, 0.1) is 0 Å². The van der Waals surface area contributed by atoms with Crippen molar-refractivity contribution in [2.24, 2.45) is 0 Å². The Kier molecular flexibility index (Phi) is 4.86. The SMILES string of the molecule is C/C=C/C(=O)N(C)C(C(=O)O)C(C)O. The van der Waals surface area contributed by atoms with E-state index >= 15 is 0 Å². The molecule has 80 valence electrons. The smallest absolute Gasteiger partial charge is 0.329 e. The normalized spacial score (nSPS) is 15.1. The fourth-order valence-corrected chi connectivity index (χ4v) is 1.09. The van der Waals surface area contributed by atoms with Crippen molar-refractivity contribution in [2.75, 3.05) is 7.05 Å². The number of nitrogens with zero attached hydrogens (tertiary/aromatic N) is 1. The third-order valence-corrected chi connectivity index (χ3v) is 1.78. The van der Waals surface area contributed by atoms with Crippen LogP contribution in [0.3, 0.4) is 0 Å². The van der Waals surface area contributed by atoms with Gasteiger partial charge in [0, 0.05) is 7.05 Å². The molecule has 0 aliphatic carbocycles. The first-order chi connectivity index (χ1) is 6.41. The fraction of sp³-hybridized carbons (Fsp3) is 0.556. The first kappa shape index (κ1) is 12.6. The van der Waals surface area contributed by atoms with Crippen LogP contribution in [0.4, 0.5) is 0 Å². The van der Waals surface area contributed by atoms with Gasteiger partial charge in [0.1, 0.15) is 0 Å². The molecule has 2 atom stereocenters. The predicted molar refractivity (Wildman–Crippen MR) is 50.7 cm³/mol. The van der Waals surface area contributed by atoms with Crippen molar-refractivity contribution in [3.8, 4) is 0 Å². The number of hydrogen-bond donors (Lipinski definition) is 2. The zero-order valence-electron chi connectivity index (χ0n) is 8.47. The molecule has 0 aliphatic heterocycles. The van der Waals surface area contributed by atoms with Crippen LogP contribution in [-0.2, 0) is 9.59 Å². The van der Waals surface area contributed by atoms with E-state index in [0.29, 0.717) is 0 Å². The number of rotatable bonds is 4. The van der Waals surface area contributed by atoms with Gasteiger partial charge in [-0.05, 0) is 19.9 Å². The van der Waals surface area contributed by atoms with E-state index < -0.39 is 24.0 Å². The molecule has 0 aliphatic rings. The number of carbonyl (C=O) groups excluding carboxylic acids is 1. The highest BCUT2D eigenvalue weighted by Gasteiger charge is 2.29. The van der Waals surface area contributed by atoms with E-state index in [4.69, 9.17) is 5.11 Å². The number of hydrogen-bond acceptors (Lipinski definition) is 3. The summed E-state index contributed by atoms with van der Waals surface area (Å²) in [7, 11) is 1.34. The van der Waals surface area contributed by atoms with Gasteiger partial charge in [-0.3, -0.25) is 4.79 Å². The second-order valence-electron chi connectivity index (χ2n) is 2.97. The molecule has 0 fully saturated rings. The van der Waals surface area contributed by atoms with Crippen LogP contribution in [-0.4, -0.2) is 46.2 Å². The zero-order valence-corrected chi connectivity index (χ0v) is 8.47. The lowest BCUT2D eigenvalue weighted by molar-refractivity contribution is -0.151. The highest BCUT2D eigenvalue weighted by molar-refractivity contribution is 5.91. The maximum absolute atomic E-state index is 11.3. The molecule has 2 unspecified atom stereocenters. The Morgan fingerprint density at radius 2 is 1.93 bits per heavy atom. The lowest BCUT2D eigenvalue weighted by Gasteiger charge is -2.25. The van der Waals surface area contributed by atoms with Crippen molar-refractivity contribution >= 4 is 11.9 Å². The van der Waals surface area contributed by atoms with Gasteiger partial charge >= 0.3 is 5.97 Å². The molecule has 0 aromatic heterocycles.